The monoisotopic (exact) mass is 260 g/mol. The number of nitrogens with zero attached hydrogens (tertiary/aromatic N) is 2. The molecular formula is C10H20N4O2S. The molecule has 0 aliphatic heterocycles. The predicted octanol–water partition coefficient (Wildman–Crippen LogP) is 0.101. The van der Waals surface area contributed by atoms with Crippen LogP contribution in [0.5, 0.6) is 0 Å². The third kappa shape index (κ3) is 5.29. The maximum atomic E-state index is 10.7. The quantitative estimate of drug-likeness (QED) is 0.680. The lowest BCUT2D eigenvalue weighted by Gasteiger charge is -2.21. The molecule has 0 aliphatic carbocycles. The number of sulfonamides is 1. The Morgan fingerprint density at radius 3 is 2.71 bits per heavy atom. The van der Waals surface area contributed by atoms with Crippen LogP contribution in [0.25, 0.3) is 0 Å². The first kappa shape index (κ1) is 14.1. The van der Waals surface area contributed by atoms with Crippen molar-refractivity contribution >= 4 is 10.0 Å². The second-order valence-corrected chi connectivity index (χ2v) is 5.92. The van der Waals surface area contributed by atoms with Crippen LogP contribution >= 0.6 is 0 Å². The Kier molecular flexibility index (Phi) is 5.10. The minimum atomic E-state index is -3.34. The summed E-state index contributed by atoms with van der Waals surface area (Å²) in [6, 6.07) is 2.32. The second-order valence-electron chi connectivity index (χ2n) is 4.19. The van der Waals surface area contributed by atoms with Crippen LogP contribution in [0.15, 0.2) is 18.5 Å². The van der Waals surface area contributed by atoms with Crippen LogP contribution in [0.1, 0.15) is 26.3 Å². The van der Waals surface area contributed by atoms with Crippen molar-refractivity contribution in [2.75, 3.05) is 12.3 Å². The van der Waals surface area contributed by atoms with Gasteiger partial charge in [-0.1, -0.05) is 0 Å². The molecule has 0 amide bonds. The van der Waals surface area contributed by atoms with E-state index in [2.05, 4.69) is 17.3 Å². The van der Waals surface area contributed by atoms with Gasteiger partial charge in [0, 0.05) is 18.4 Å². The normalized spacial score (nSPS) is 15.7. The number of hydrogen-bond donors (Lipinski definition) is 2. The van der Waals surface area contributed by atoms with Crippen LogP contribution in [-0.4, -0.2) is 36.5 Å². The molecule has 0 saturated heterocycles. The van der Waals surface area contributed by atoms with Gasteiger partial charge in [-0.05, 0) is 32.9 Å². The van der Waals surface area contributed by atoms with Crippen molar-refractivity contribution in [3.05, 3.63) is 18.5 Å². The summed E-state index contributed by atoms with van der Waals surface area (Å²) in [5.41, 5.74) is 0. The summed E-state index contributed by atoms with van der Waals surface area (Å²) in [5, 5.41) is 12.3. The molecule has 17 heavy (non-hydrogen) atoms. The Balaban J connectivity index is 2.28. The fourth-order valence-corrected chi connectivity index (χ4v) is 2.07. The van der Waals surface area contributed by atoms with Crippen molar-refractivity contribution in [2.45, 2.75) is 32.4 Å². The number of primary sulfonamides is 1. The molecule has 6 nitrogen and oxygen atoms in total. The molecule has 0 aliphatic rings. The van der Waals surface area contributed by atoms with Crippen molar-refractivity contribution in [3.63, 3.8) is 0 Å². The Hall–Kier alpha value is -0.920. The SMILES string of the molecule is CC(NCCCS(N)(=O)=O)C(C)n1cccn1. The standard InChI is InChI=1S/C10H20N4O2S/c1-9(10(2)14-7-3-6-13-14)12-5-4-8-17(11,15)16/h3,6-7,9-10,12H,4-5,8H2,1-2H3,(H2,11,15,16). The predicted molar refractivity (Wildman–Crippen MR) is 67.0 cm³/mol. The van der Waals surface area contributed by atoms with Gasteiger partial charge >= 0.3 is 0 Å². The number of nitrogens with two attached hydrogens (primary N) is 1. The molecule has 3 N–H and O–H groups in total. The maximum absolute atomic E-state index is 10.7. The van der Waals surface area contributed by atoms with Crippen molar-refractivity contribution < 1.29 is 8.42 Å². The van der Waals surface area contributed by atoms with Crippen molar-refractivity contribution in [3.8, 4) is 0 Å². The van der Waals surface area contributed by atoms with Crippen LogP contribution in [0, 0.1) is 0 Å². The largest absolute Gasteiger partial charge is 0.312 e. The summed E-state index contributed by atoms with van der Waals surface area (Å²) in [6.07, 6.45) is 4.17. The highest BCUT2D eigenvalue weighted by atomic mass is 32.2. The van der Waals surface area contributed by atoms with Crippen LogP contribution in [-0.2, 0) is 10.0 Å². The lowest BCUT2D eigenvalue weighted by Crippen LogP contribution is -2.35. The fraction of sp³-hybridized carbons (Fsp3) is 0.700. The van der Waals surface area contributed by atoms with E-state index in [-0.39, 0.29) is 17.8 Å². The molecule has 0 aromatic carbocycles. The van der Waals surface area contributed by atoms with E-state index in [0.717, 1.165) is 0 Å². The molecule has 2 unspecified atom stereocenters. The van der Waals surface area contributed by atoms with Gasteiger partial charge in [0.25, 0.3) is 0 Å². The van der Waals surface area contributed by atoms with E-state index >= 15 is 0 Å². The molecule has 1 heterocycles. The fourth-order valence-electron chi connectivity index (χ4n) is 1.52. The molecule has 1 aromatic heterocycles. The molecule has 98 valence electrons. The van der Waals surface area contributed by atoms with E-state index in [0.29, 0.717) is 13.0 Å². The van der Waals surface area contributed by atoms with Gasteiger partial charge in [0.2, 0.25) is 10.0 Å². The van der Waals surface area contributed by atoms with Crippen LogP contribution in [0.2, 0.25) is 0 Å². The van der Waals surface area contributed by atoms with Crippen LogP contribution in [0.4, 0.5) is 0 Å². The first-order chi connectivity index (χ1) is 7.90. The van der Waals surface area contributed by atoms with Crippen LogP contribution in [0.3, 0.4) is 0 Å². The summed E-state index contributed by atoms with van der Waals surface area (Å²) in [7, 11) is -3.34. The van der Waals surface area contributed by atoms with Gasteiger partial charge in [0.05, 0.1) is 11.8 Å². The summed E-state index contributed by atoms with van der Waals surface area (Å²) in [4.78, 5) is 0. The van der Waals surface area contributed by atoms with Crippen molar-refractivity contribution in [1.29, 1.82) is 0 Å². The summed E-state index contributed by atoms with van der Waals surface area (Å²) in [6.45, 7) is 4.73. The average Bonchev–Trinajstić information content (AvgIpc) is 2.74. The Bertz CT molecular complexity index is 416. The van der Waals surface area contributed by atoms with E-state index in [9.17, 15) is 8.42 Å². The topological polar surface area (TPSA) is 90.0 Å². The second kappa shape index (κ2) is 6.13. The number of nitrogens with one attached hydrogen (secondary N) is 1. The van der Waals surface area contributed by atoms with Crippen LogP contribution < -0.4 is 10.5 Å². The molecule has 7 heteroatoms. The third-order valence-corrected chi connectivity index (χ3v) is 3.60. The van der Waals surface area contributed by atoms with Crippen molar-refractivity contribution in [1.82, 2.24) is 15.1 Å². The molecule has 0 bridgehead atoms. The molecular weight excluding hydrogens is 240 g/mol. The number of aromatic nitrogens is 2. The van der Waals surface area contributed by atoms with Gasteiger partial charge in [-0.25, -0.2) is 13.6 Å². The molecule has 1 rings (SSSR count). The minimum absolute atomic E-state index is 0.0167. The third-order valence-electron chi connectivity index (χ3n) is 2.74. The highest BCUT2D eigenvalue weighted by molar-refractivity contribution is 7.89. The minimum Gasteiger partial charge on any atom is -0.312 e. The Labute approximate surface area is 102 Å². The summed E-state index contributed by atoms with van der Waals surface area (Å²) >= 11 is 0. The number of hydrogen-bond acceptors (Lipinski definition) is 4. The lowest BCUT2D eigenvalue weighted by atomic mass is 10.2. The molecule has 0 spiro atoms. The lowest BCUT2D eigenvalue weighted by molar-refractivity contribution is 0.367. The summed E-state index contributed by atoms with van der Waals surface area (Å²) < 4.78 is 23.3. The van der Waals surface area contributed by atoms with Gasteiger partial charge in [0.15, 0.2) is 0 Å². The Morgan fingerprint density at radius 1 is 1.47 bits per heavy atom. The summed E-state index contributed by atoms with van der Waals surface area (Å²) in [5.74, 6) is 0.0167. The first-order valence-corrected chi connectivity index (χ1v) is 7.34. The maximum Gasteiger partial charge on any atom is 0.209 e. The van der Waals surface area contributed by atoms with Gasteiger partial charge in [0.1, 0.15) is 0 Å². The van der Waals surface area contributed by atoms with Gasteiger partial charge in [-0.2, -0.15) is 5.10 Å². The molecule has 0 saturated carbocycles. The Morgan fingerprint density at radius 2 is 2.18 bits per heavy atom. The zero-order valence-corrected chi connectivity index (χ0v) is 11.0. The highest BCUT2D eigenvalue weighted by Gasteiger charge is 2.13. The number of rotatable bonds is 7. The van der Waals surface area contributed by atoms with E-state index in [1.807, 2.05) is 23.9 Å². The van der Waals surface area contributed by atoms with Gasteiger partial charge in [-0.15, -0.1) is 0 Å². The van der Waals surface area contributed by atoms with Gasteiger partial charge in [-0.3, -0.25) is 4.68 Å². The van der Waals surface area contributed by atoms with E-state index < -0.39 is 10.0 Å². The van der Waals surface area contributed by atoms with E-state index in [1.54, 1.807) is 6.20 Å². The molecule has 0 fully saturated rings. The van der Waals surface area contributed by atoms with E-state index in [1.165, 1.54) is 0 Å². The van der Waals surface area contributed by atoms with Gasteiger partial charge < -0.3 is 5.32 Å². The zero-order valence-electron chi connectivity index (χ0n) is 10.2. The van der Waals surface area contributed by atoms with E-state index in [4.69, 9.17) is 5.14 Å². The molecule has 0 radical (unpaired) electrons. The first-order valence-electron chi connectivity index (χ1n) is 5.63. The molecule has 2 atom stereocenters. The highest BCUT2D eigenvalue weighted by Crippen LogP contribution is 2.08. The molecule has 1 aromatic rings. The zero-order chi connectivity index (χ0) is 12.9. The average molecular weight is 260 g/mol. The smallest absolute Gasteiger partial charge is 0.209 e. The van der Waals surface area contributed by atoms with Crippen molar-refractivity contribution in [2.24, 2.45) is 5.14 Å².